The van der Waals surface area contributed by atoms with Crippen LogP contribution in [0.3, 0.4) is 0 Å². The molecule has 3 rings (SSSR count). The van der Waals surface area contributed by atoms with Gasteiger partial charge in [-0.2, -0.15) is 10.2 Å². The van der Waals surface area contributed by atoms with E-state index in [0.717, 1.165) is 25.0 Å². The summed E-state index contributed by atoms with van der Waals surface area (Å²) in [6.07, 6.45) is 1.94. The molecule has 0 unspecified atom stereocenters. The fourth-order valence-electron chi connectivity index (χ4n) is 3.19. The minimum atomic E-state index is -0.379. The first kappa shape index (κ1) is 19.4. The van der Waals surface area contributed by atoms with Gasteiger partial charge in [0, 0.05) is 36.8 Å². The lowest BCUT2D eigenvalue weighted by Gasteiger charge is -2.14. The molecule has 2 amide bonds. The summed E-state index contributed by atoms with van der Waals surface area (Å²) in [6, 6.07) is 3.52. The fraction of sp³-hybridized carbons (Fsp3) is 0.529. The van der Waals surface area contributed by atoms with Crippen LogP contribution in [0.4, 0.5) is 10.6 Å². The summed E-state index contributed by atoms with van der Waals surface area (Å²) >= 11 is 3.25. The highest BCUT2D eigenvalue weighted by Gasteiger charge is 2.30. The molecule has 2 heterocycles. The third-order valence-corrected chi connectivity index (χ3v) is 4.81. The van der Waals surface area contributed by atoms with Crippen LogP contribution in [0.1, 0.15) is 55.2 Å². The average Bonchev–Trinajstić information content (AvgIpc) is 3.27. The van der Waals surface area contributed by atoms with Crippen LogP contribution in [0.2, 0.25) is 0 Å². The lowest BCUT2D eigenvalue weighted by Crippen LogP contribution is -2.33. The number of aromatic amines is 1. The zero-order valence-corrected chi connectivity index (χ0v) is 17.0. The Kier molecular flexibility index (Phi) is 5.83. The largest absolute Gasteiger partial charge is 0.446 e. The molecule has 0 aliphatic heterocycles. The van der Waals surface area contributed by atoms with E-state index >= 15 is 0 Å². The Hall–Kier alpha value is -2.36. The first-order valence-corrected chi connectivity index (χ1v) is 9.64. The maximum Gasteiger partial charge on any atom is 0.407 e. The second kappa shape index (κ2) is 8.12. The molecule has 1 aliphatic carbocycles. The molecule has 0 spiro atoms. The van der Waals surface area contributed by atoms with Crippen LogP contribution in [0, 0.1) is 0 Å². The van der Waals surface area contributed by atoms with E-state index in [2.05, 4.69) is 41.9 Å². The molecule has 9 nitrogen and oxygen atoms in total. The van der Waals surface area contributed by atoms with Crippen molar-refractivity contribution in [3.8, 4) is 0 Å². The normalized spacial score (nSPS) is 19.3. The minimum absolute atomic E-state index is 0.0496. The maximum atomic E-state index is 12.3. The van der Waals surface area contributed by atoms with E-state index in [9.17, 15) is 9.59 Å². The predicted octanol–water partition coefficient (Wildman–Crippen LogP) is 2.93. The summed E-state index contributed by atoms with van der Waals surface area (Å²) < 4.78 is 7.54. The van der Waals surface area contributed by atoms with Gasteiger partial charge in [0.1, 0.15) is 16.4 Å². The summed E-state index contributed by atoms with van der Waals surface area (Å²) in [5.41, 5.74) is 1.35. The predicted molar refractivity (Wildman–Crippen MR) is 103 cm³/mol. The molecule has 1 fully saturated rings. The molecule has 0 radical (unpaired) electrons. The number of nitrogens with zero attached hydrogens (tertiary/aromatic N) is 3. The molecule has 0 bridgehead atoms. The van der Waals surface area contributed by atoms with Gasteiger partial charge in [-0.1, -0.05) is 0 Å². The zero-order chi connectivity index (χ0) is 19.6. The van der Waals surface area contributed by atoms with Gasteiger partial charge in [-0.15, -0.1) is 0 Å². The van der Waals surface area contributed by atoms with Crippen molar-refractivity contribution in [2.24, 2.45) is 7.05 Å². The van der Waals surface area contributed by atoms with Gasteiger partial charge in [-0.05, 0) is 49.0 Å². The number of amides is 2. The molecule has 1 aliphatic rings. The van der Waals surface area contributed by atoms with Crippen LogP contribution in [-0.2, 0) is 11.8 Å². The summed E-state index contributed by atoms with van der Waals surface area (Å²) in [5, 5.41) is 16.7. The summed E-state index contributed by atoms with van der Waals surface area (Å²) in [6.45, 7) is 3.78. The molecule has 27 heavy (non-hydrogen) atoms. The molecule has 2 aromatic rings. The third kappa shape index (κ3) is 4.88. The molecule has 0 saturated heterocycles. The van der Waals surface area contributed by atoms with Crippen molar-refractivity contribution < 1.29 is 14.3 Å². The van der Waals surface area contributed by atoms with Crippen LogP contribution in [-0.4, -0.2) is 44.1 Å². The molecule has 10 heteroatoms. The van der Waals surface area contributed by atoms with Crippen molar-refractivity contribution in [3.05, 3.63) is 28.1 Å². The lowest BCUT2D eigenvalue weighted by atomic mass is 10.0. The van der Waals surface area contributed by atoms with E-state index in [1.807, 2.05) is 19.9 Å². The number of nitrogens with one attached hydrogen (secondary N) is 3. The van der Waals surface area contributed by atoms with Gasteiger partial charge in [-0.3, -0.25) is 14.6 Å². The Bertz CT molecular complexity index is 831. The van der Waals surface area contributed by atoms with Crippen molar-refractivity contribution in [2.45, 2.75) is 51.2 Å². The smallest absolute Gasteiger partial charge is 0.407 e. The van der Waals surface area contributed by atoms with Gasteiger partial charge in [0.25, 0.3) is 5.91 Å². The average molecular weight is 439 g/mol. The molecule has 2 atom stereocenters. The van der Waals surface area contributed by atoms with E-state index in [1.165, 1.54) is 4.68 Å². The van der Waals surface area contributed by atoms with Gasteiger partial charge in [-0.25, -0.2) is 4.79 Å². The van der Waals surface area contributed by atoms with Crippen molar-refractivity contribution in [1.29, 1.82) is 0 Å². The molecule has 3 N–H and O–H groups in total. The number of hydrogen-bond acceptors (Lipinski definition) is 5. The lowest BCUT2D eigenvalue weighted by molar-refractivity contribution is 0.0979. The van der Waals surface area contributed by atoms with E-state index in [4.69, 9.17) is 4.74 Å². The number of halogens is 1. The van der Waals surface area contributed by atoms with Crippen LogP contribution in [0.15, 0.2) is 16.7 Å². The highest BCUT2D eigenvalue weighted by atomic mass is 79.9. The maximum absolute atomic E-state index is 12.3. The molecule has 146 valence electrons. The Morgan fingerprint density at radius 3 is 2.81 bits per heavy atom. The van der Waals surface area contributed by atoms with Gasteiger partial charge in [0.2, 0.25) is 0 Å². The number of carbonyl (C=O) groups excluding carboxylic acids is 2. The van der Waals surface area contributed by atoms with Crippen LogP contribution in [0.25, 0.3) is 0 Å². The highest BCUT2D eigenvalue weighted by molar-refractivity contribution is 9.10. The van der Waals surface area contributed by atoms with E-state index in [0.29, 0.717) is 16.1 Å². The Labute approximate surface area is 165 Å². The standard InChI is InChI=1S/C17H23BrN6O3/c1-9(2)19-17(26)27-11-5-4-10(6-11)12-7-15(22-21-12)20-16(25)13-8-14(18)23-24(13)3/h7-11H,4-6H2,1-3H3,(H,19,26)(H2,20,21,22,25)/t10-,11+/m0/s1. The SMILES string of the molecule is CC(C)NC(=O)O[C@@H]1CC[C@H](c2cc(NC(=O)c3cc(Br)nn3C)n[nH]2)C1. The van der Waals surface area contributed by atoms with Crippen molar-refractivity contribution >= 4 is 33.7 Å². The number of hydrogen-bond donors (Lipinski definition) is 3. The van der Waals surface area contributed by atoms with Gasteiger partial charge < -0.3 is 15.4 Å². The Morgan fingerprint density at radius 2 is 2.15 bits per heavy atom. The fourth-order valence-corrected chi connectivity index (χ4v) is 3.64. The van der Waals surface area contributed by atoms with Crippen LogP contribution < -0.4 is 10.6 Å². The molecule has 2 aromatic heterocycles. The number of rotatable bonds is 5. The number of alkyl carbamates (subject to hydrolysis) is 1. The van der Waals surface area contributed by atoms with E-state index in [-0.39, 0.29) is 30.1 Å². The third-order valence-electron chi connectivity index (χ3n) is 4.43. The molecular formula is C17H23BrN6O3. The number of ether oxygens (including phenoxy) is 1. The van der Waals surface area contributed by atoms with E-state index in [1.54, 1.807) is 13.1 Å². The monoisotopic (exact) mass is 438 g/mol. The van der Waals surface area contributed by atoms with E-state index < -0.39 is 0 Å². The van der Waals surface area contributed by atoms with Crippen molar-refractivity contribution in [1.82, 2.24) is 25.3 Å². The number of aryl methyl sites for hydroxylation is 1. The van der Waals surface area contributed by atoms with Crippen LogP contribution in [0.5, 0.6) is 0 Å². The topological polar surface area (TPSA) is 114 Å². The number of anilines is 1. The molecule has 0 aromatic carbocycles. The Morgan fingerprint density at radius 1 is 1.37 bits per heavy atom. The van der Waals surface area contributed by atoms with Gasteiger partial charge >= 0.3 is 6.09 Å². The summed E-state index contributed by atoms with van der Waals surface area (Å²) in [5.74, 6) is 0.381. The van der Waals surface area contributed by atoms with Crippen molar-refractivity contribution in [3.63, 3.8) is 0 Å². The summed E-state index contributed by atoms with van der Waals surface area (Å²) in [4.78, 5) is 24.1. The van der Waals surface area contributed by atoms with Gasteiger partial charge in [0.05, 0.1) is 0 Å². The highest BCUT2D eigenvalue weighted by Crippen LogP contribution is 2.35. The van der Waals surface area contributed by atoms with Crippen molar-refractivity contribution in [2.75, 3.05) is 5.32 Å². The number of aromatic nitrogens is 4. The zero-order valence-electron chi connectivity index (χ0n) is 15.5. The number of carbonyl (C=O) groups is 2. The second-order valence-electron chi connectivity index (χ2n) is 6.97. The summed E-state index contributed by atoms with van der Waals surface area (Å²) in [7, 11) is 1.70. The second-order valence-corrected chi connectivity index (χ2v) is 7.79. The minimum Gasteiger partial charge on any atom is -0.446 e. The number of H-pyrrole nitrogens is 1. The van der Waals surface area contributed by atoms with Gasteiger partial charge in [0.15, 0.2) is 5.82 Å². The first-order valence-electron chi connectivity index (χ1n) is 8.85. The Balaban J connectivity index is 1.56. The molecular weight excluding hydrogens is 416 g/mol. The molecule has 1 saturated carbocycles. The van der Waals surface area contributed by atoms with Crippen LogP contribution >= 0.6 is 15.9 Å². The first-order chi connectivity index (χ1) is 12.8. The quantitative estimate of drug-likeness (QED) is 0.663.